The SMILES string of the molecule is CC(C)CC(NC(=O)[C@H](CC1CC1)NC(=O)OCC1c2ccccc2-c2ccccc21)C(=O)O. The molecule has 0 bridgehead atoms. The van der Waals surface area contributed by atoms with E-state index in [9.17, 15) is 19.5 Å². The molecule has 34 heavy (non-hydrogen) atoms. The first kappa shape index (κ1) is 23.8. The topological polar surface area (TPSA) is 105 Å². The molecule has 180 valence electrons. The number of fused-ring (bicyclic) bond motifs is 3. The Hall–Kier alpha value is -3.35. The Kier molecular flexibility index (Phi) is 7.20. The van der Waals surface area contributed by atoms with Gasteiger partial charge in [-0.25, -0.2) is 9.59 Å². The van der Waals surface area contributed by atoms with Gasteiger partial charge < -0.3 is 20.5 Å². The number of nitrogens with one attached hydrogen (secondary N) is 2. The molecule has 2 amide bonds. The quantitative estimate of drug-likeness (QED) is 0.486. The monoisotopic (exact) mass is 464 g/mol. The molecule has 0 aromatic heterocycles. The van der Waals surface area contributed by atoms with E-state index in [1.807, 2.05) is 50.2 Å². The number of ether oxygens (including phenoxy) is 1. The number of carbonyl (C=O) groups excluding carboxylic acids is 2. The van der Waals surface area contributed by atoms with Crippen LogP contribution in [0.2, 0.25) is 0 Å². The van der Waals surface area contributed by atoms with E-state index in [-0.39, 0.29) is 18.4 Å². The van der Waals surface area contributed by atoms with Crippen LogP contribution in [0, 0.1) is 11.8 Å². The number of benzene rings is 2. The van der Waals surface area contributed by atoms with Crippen LogP contribution in [0.3, 0.4) is 0 Å². The molecule has 7 heteroatoms. The van der Waals surface area contributed by atoms with Crippen LogP contribution >= 0.6 is 0 Å². The maximum Gasteiger partial charge on any atom is 0.407 e. The molecule has 1 unspecified atom stereocenters. The molecule has 2 aromatic rings. The van der Waals surface area contributed by atoms with Gasteiger partial charge in [0.1, 0.15) is 18.7 Å². The van der Waals surface area contributed by atoms with Gasteiger partial charge in [-0.1, -0.05) is 75.2 Å². The van der Waals surface area contributed by atoms with Gasteiger partial charge in [0.15, 0.2) is 0 Å². The Bertz CT molecular complexity index is 1020. The van der Waals surface area contributed by atoms with Gasteiger partial charge >= 0.3 is 12.1 Å². The zero-order valence-corrected chi connectivity index (χ0v) is 19.6. The number of carboxylic acids is 1. The summed E-state index contributed by atoms with van der Waals surface area (Å²) in [5, 5.41) is 14.8. The van der Waals surface area contributed by atoms with Crippen molar-refractivity contribution in [1.82, 2.24) is 10.6 Å². The molecule has 0 saturated heterocycles. The standard InChI is InChI=1S/C27H32N2O5/c1-16(2)13-24(26(31)32)28-25(30)23(14-17-11-12-17)29-27(33)34-15-22-20-9-5-3-7-18(20)19-8-4-6-10-21(19)22/h3-10,16-17,22-24H,11-15H2,1-2H3,(H,28,30)(H,29,33)(H,31,32)/t23-,24?/m0/s1. The van der Waals surface area contributed by atoms with Crippen molar-refractivity contribution in [1.29, 1.82) is 0 Å². The molecule has 4 rings (SSSR count). The first-order valence-electron chi connectivity index (χ1n) is 12.0. The van der Waals surface area contributed by atoms with E-state index in [0.29, 0.717) is 18.8 Å². The molecule has 2 atom stereocenters. The Morgan fingerprint density at radius 3 is 2.06 bits per heavy atom. The van der Waals surface area contributed by atoms with Gasteiger partial charge in [-0.3, -0.25) is 4.79 Å². The van der Waals surface area contributed by atoms with E-state index < -0.39 is 30.1 Å². The summed E-state index contributed by atoms with van der Waals surface area (Å²) in [6.07, 6.45) is 2.14. The van der Waals surface area contributed by atoms with Crippen LogP contribution in [0.1, 0.15) is 56.6 Å². The lowest BCUT2D eigenvalue weighted by Gasteiger charge is -2.22. The molecular weight excluding hydrogens is 432 g/mol. The smallest absolute Gasteiger partial charge is 0.407 e. The highest BCUT2D eigenvalue weighted by Gasteiger charge is 2.34. The van der Waals surface area contributed by atoms with Gasteiger partial charge in [-0.15, -0.1) is 0 Å². The van der Waals surface area contributed by atoms with Crippen molar-refractivity contribution in [3.05, 3.63) is 59.7 Å². The molecular formula is C27H32N2O5. The van der Waals surface area contributed by atoms with Crippen molar-refractivity contribution in [2.24, 2.45) is 11.8 Å². The molecule has 7 nitrogen and oxygen atoms in total. The Morgan fingerprint density at radius 1 is 0.941 bits per heavy atom. The van der Waals surface area contributed by atoms with Crippen LogP contribution in [0.5, 0.6) is 0 Å². The minimum Gasteiger partial charge on any atom is -0.480 e. The predicted octanol–water partition coefficient (Wildman–Crippen LogP) is 4.31. The molecule has 0 aliphatic heterocycles. The van der Waals surface area contributed by atoms with E-state index in [4.69, 9.17) is 4.74 Å². The van der Waals surface area contributed by atoms with Gasteiger partial charge in [-0.2, -0.15) is 0 Å². The zero-order chi connectivity index (χ0) is 24.2. The highest BCUT2D eigenvalue weighted by atomic mass is 16.5. The predicted molar refractivity (Wildman–Crippen MR) is 128 cm³/mol. The first-order valence-corrected chi connectivity index (χ1v) is 12.0. The van der Waals surface area contributed by atoms with Crippen LogP contribution in [-0.2, 0) is 14.3 Å². The fraction of sp³-hybridized carbons (Fsp3) is 0.444. The van der Waals surface area contributed by atoms with Crippen molar-refractivity contribution < 1.29 is 24.2 Å². The molecule has 1 fully saturated rings. The van der Waals surface area contributed by atoms with Gasteiger partial charge in [0.25, 0.3) is 0 Å². The van der Waals surface area contributed by atoms with Crippen LogP contribution in [-0.4, -0.2) is 41.8 Å². The van der Waals surface area contributed by atoms with Crippen molar-refractivity contribution in [3.8, 4) is 11.1 Å². The minimum absolute atomic E-state index is 0.0729. The number of hydrogen-bond acceptors (Lipinski definition) is 4. The maximum absolute atomic E-state index is 12.9. The van der Waals surface area contributed by atoms with Crippen molar-refractivity contribution >= 4 is 18.0 Å². The second kappa shape index (κ2) is 10.3. The average molecular weight is 465 g/mol. The fourth-order valence-electron chi connectivity index (χ4n) is 4.67. The van der Waals surface area contributed by atoms with E-state index >= 15 is 0 Å². The maximum atomic E-state index is 12.9. The van der Waals surface area contributed by atoms with Gasteiger partial charge in [0.2, 0.25) is 5.91 Å². The van der Waals surface area contributed by atoms with Crippen molar-refractivity contribution in [3.63, 3.8) is 0 Å². The van der Waals surface area contributed by atoms with Gasteiger partial charge in [-0.05, 0) is 46.9 Å². The summed E-state index contributed by atoms with van der Waals surface area (Å²) in [5.41, 5.74) is 4.51. The molecule has 0 spiro atoms. The van der Waals surface area contributed by atoms with E-state index in [2.05, 4.69) is 22.8 Å². The number of carboxylic acid groups (broad SMARTS) is 1. The number of rotatable bonds is 10. The molecule has 1 saturated carbocycles. The lowest BCUT2D eigenvalue weighted by atomic mass is 9.98. The lowest BCUT2D eigenvalue weighted by molar-refractivity contribution is -0.142. The number of aliphatic carboxylic acids is 1. The first-order chi connectivity index (χ1) is 16.3. The Labute approximate surface area is 199 Å². The molecule has 2 aliphatic carbocycles. The normalized spacial score (nSPS) is 16.3. The second-order valence-electron chi connectivity index (χ2n) is 9.73. The Morgan fingerprint density at radius 2 is 1.53 bits per heavy atom. The average Bonchev–Trinajstić information content (AvgIpc) is 3.57. The van der Waals surface area contributed by atoms with Gasteiger partial charge in [0, 0.05) is 5.92 Å². The largest absolute Gasteiger partial charge is 0.480 e. The second-order valence-corrected chi connectivity index (χ2v) is 9.73. The zero-order valence-electron chi connectivity index (χ0n) is 19.6. The van der Waals surface area contributed by atoms with Crippen LogP contribution in [0.25, 0.3) is 11.1 Å². The number of hydrogen-bond donors (Lipinski definition) is 3. The van der Waals surface area contributed by atoms with E-state index in [0.717, 1.165) is 35.1 Å². The van der Waals surface area contributed by atoms with Crippen molar-refractivity contribution in [2.75, 3.05) is 6.61 Å². The lowest BCUT2D eigenvalue weighted by Crippen LogP contribution is -2.52. The van der Waals surface area contributed by atoms with E-state index in [1.165, 1.54) is 0 Å². The van der Waals surface area contributed by atoms with Crippen LogP contribution in [0.4, 0.5) is 4.79 Å². The highest BCUT2D eigenvalue weighted by molar-refractivity contribution is 5.89. The van der Waals surface area contributed by atoms with Crippen LogP contribution in [0.15, 0.2) is 48.5 Å². The molecule has 3 N–H and O–H groups in total. The fourth-order valence-corrected chi connectivity index (χ4v) is 4.67. The third kappa shape index (κ3) is 5.58. The molecule has 2 aromatic carbocycles. The summed E-state index contributed by atoms with van der Waals surface area (Å²) in [6, 6.07) is 14.4. The molecule has 2 aliphatic rings. The molecule has 0 heterocycles. The minimum atomic E-state index is -1.08. The van der Waals surface area contributed by atoms with Crippen molar-refractivity contribution in [2.45, 2.75) is 57.5 Å². The summed E-state index contributed by atoms with van der Waals surface area (Å²) in [4.78, 5) is 37.2. The van der Waals surface area contributed by atoms with Crippen LogP contribution < -0.4 is 10.6 Å². The summed E-state index contributed by atoms with van der Waals surface area (Å²) in [5.74, 6) is -1.16. The number of amides is 2. The summed E-state index contributed by atoms with van der Waals surface area (Å²) < 4.78 is 5.59. The third-order valence-electron chi connectivity index (χ3n) is 6.54. The number of alkyl carbamates (subject to hydrolysis) is 1. The highest BCUT2D eigenvalue weighted by Crippen LogP contribution is 2.44. The summed E-state index contributed by atoms with van der Waals surface area (Å²) in [7, 11) is 0. The van der Waals surface area contributed by atoms with Gasteiger partial charge in [0.05, 0.1) is 0 Å². The Balaban J connectivity index is 1.40. The third-order valence-corrected chi connectivity index (χ3v) is 6.54. The summed E-state index contributed by atoms with van der Waals surface area (Å²) in [6.45, 7) is 3.96. The number of carbonyl (C=O) groups is 3. The molecule has 0 radical (unpaired) electrons. The summed E-state index contributed by atoms with van der Waals surface area (Å²) >= 11 is 0. The van der Waals surface area contributed by atoms with E-state index in [1.54, 1.807) is 0 Å².